The molecule has 0 aliphatic carbocycles. The van der Waals surface area contributed by atoms with E-state index < -0.39 is 0 Å². The van der Waals surface area contributed by atoms with Gasteiger partial charge >= 0.3 is 0 Å². The second-order valence-corrected chi connectivity index (χ2v) is 9.16. The van der Waals surface area contributed by atoms with Gasteiger partial charge in [0.2, 0.25) is 0 Å². The highest BCUT2D eigenvalue weighted by atomic mass is 16.5. The van der Waals surface area contributed by atoms with Crippen LogP contribution in [0.2, 0.25) is 0 Å². The summed E-state index contributed by atoms with van der Waals surface area (Å²) in [7, 11) is 6.42. The largest absolute Gasteiger partial charge is 0.484 e. The molecule has 1 aliphatic rings. The van der Waals surface area contributed by atoms with Crippen LogP contribution in [0.25, 0.3) is 0 Å². The second-order valence-electron chi connectivity index (χ2n) is 9.16. The summed E-state index contributed by atoms with van der Waals surface area (Å²) in [6.45, 7) is 2.91. The Balaban J connectivity index is 1.54. The SMILES string of the molecule is CNCC[C@@H](Oc1ccccc1N1CCC(c2ccccc2)(N(C)C)CC1)c1ccccc1. The van der Waals surface area contributed by atoms with Gasteiger partial charge in [0.1, 0.15) is 11.9 Å². The molecule has 0 radical (unpaired) electrons. The van der Waals surface area contributed by atoms with Crippen molar-refractivity contribution in [2.24, 2.45) is 0 Å². The monoisotopic (exact) mass is 443 g/mol. The first kappa shape index (κ1) is 23.3. The lowest BCUT2D eigenvalue weighted by Crippen LogP contribution is -2.50. The second kappa shape index (κ2) is 10.9. The van der Waals surface area contributed by atoms with Gasteiger partial charge in [-0.1, -0.05) is 72.8 Å². The fraction of sp³-hybridized carbons (Fsp3) is 0.379. The average molecular weight is 444 g/mol. The van der Waals surface area contributed by atoms with Crippen molar-refractivity contribution in [2.75, 3.05) is 45.7 Å². The van der Waals surface area contributed by atoms with Gasteiger partial charge in [-0.05, 0) is 63.8 Å². The van der Waals surface area contributed by atoms with Crippen molar-refractivity contribution in [3.8, 4) is 5.75 Å². The molecule has 4 heteroatoms. The molecule has 4 rings (SSSR count). The average Bonchev–Trinajstić information content (AvgIpc) is 2.88. The van der Waals surface area contributed by atoms with Crippen LogP contribution >= 0.6 is 0 Å². The number of benzene rings is 3. The van der Waals surface area contributed by atoms with Gasteiger partial charge in [-0.25, -0.2) is 0 Å². The van der Waals surface area contributed by atoms with E-state index in [0.717, 1.165) is 44.6 Å². The molecule has 33 heavy (non-hydrogen) atoms. The zero-order valence-corrected chi connectivity index (χ0v) is 20.2. The number of nitrogens with zero attached hydrogens (tertiary/aromatic N) is 2. The molecule has 3 aromatic rings. The Bertz CT molecular complexity index is 982. The van der Waals surface area contributed by atoms with E-state index in [1.807, 2.05) is 7.05 Å². The maximum Gasteiger partial charge on any atom is 0.143 e. The molecule has 1 aliphatic heterocycles. The molecular formula is C29H37N3O. The van der Waals surface area contributed by atoms with Gasteiger partial charge in [0.25, 0.3) is 0 Å². The van der Waals surface area contributed by atoms with E-state index in [9.17, 15) is 0 Å². The zero-order valence-electron chi connectivity index (χ0n) is 20.2. The molecule has 0 aromatic heterocycles. The third kappa shape index (κ3) is 5.23. The first-order chi connectivity index (χ1) is 16.1. The van der Waals surface area contributed by atoms with Crippen LogP contribution in [0.4, 0.5) is 5.69 Å². The summed E-state index contributed by atoms with van der Waals surface area (Å²) < 4.78 is 6.68. The number of hydrogen-bond acceptors (Lipinski definition) is 4. The Hall–Kier alpha value is -2.82. The Morgan fingerprint density at radius 3 is 2.12 bits per heavy atom. The smallest absolute Gasteiger partial charge is 0.143 e. The number of hydrogen-bond donors (Lipinski definition) is 1. The van der Waals surface area contributed by atoms with Gasteiger partial charge in [0, 0.05) is 25.0 Å². The first-order valence-electron chi connectivity index (χ1n) is 12.1. The van der Waals surface area contributed by atoms with Gasteiger partial charge in [0.05, 0.1) is 5.69 Å². The molecule has 174 valence electrons. The number of piperidine rings is 1. The number of anilines is 1. The maximum atomic E-state index is 6.68. The predicted molar refractivity (Wildman–Crippen MR) is 138 cm³/mol. The molecule has 3 aromatic carbocycles. The van der Waals surface area contributed by atoms with E-state index in [2.05, 4.69) is 114 Å². The number of rotatable bonds is 9. The van der Waals surface area contributed by atoms with Crippen molar-refractivity contribution < 1.29 is 4.74 Å². The van der Waals surface area contributed by atoms with Crippen molar-refractivity contribution in [1.29, 1.82) is 0 Å². The normalized spacial score (nSPS) is 16.5. The fourth-order valence-electron chi connectivity index (χ4n) is 5.07. The third-order valence-electron chi connectivity index (χ3n) is 7.06. The van der Waals surface area contributed by atoms with Gasteiger partial charge in [-0.2, -0.15) is 0 Å². The van der Waals surface area contributed by atoms with Crippen molar-refractivity contribution in [1.82, 2.24) is 10.2 Å². The summed E-state index contributed by atoms with van der Waals surface area (Å²) in [4.78, 5) is 4.91. The van der Waals surface area contributed by atoms with Crippen LogP contribution in [0, 0.1) is 0 Å². The lowest BCUT2D eigenvalue weighted by atomic mass is 9.79. The highest BCUT2D eigenvalue weighted by Gasteiger charge is 2.38. The molecule has 1 atom stereocenters. The molecule has 0 saturated carbocycles. The molecule has 0 amide bonds. The molecule has 1 fully saturated rings. The zero-order chi connectivity index (χ0) is 23.1. The molecular weight excluding hydrogens is 406 g/mol. The quantitative estimate of drug-likeness (QED) is 0.474. The Labute approximate surface area is 199 Å². The predicted octanol–water partition coefficient (Wildman–Crippen LogP) is 5.47. The van der Waals surface area contributed by atoms with E-state index in [1.54, 1.807) is 0 Å². The van der Waals surface area contributed by atoms with Crippen LogP contribution in [-0.4, -0.2) is 45.7 Å². The van der Waals surface area contributed by atoms with Crippen LogP contribution in [0.1, 0.15) is 36.5 Å². The minimum atomic E-state index is 0.0229. The third-order valence-corrected chi connectivity index (χ3v) is 7.06. The molecule has 0 bridgehead atoms. The lowest BCUT2D eigenvalue weighted by Gasteiger charge is -2.47. The Morgan fingerprint density at radius 2 is 1.48 bits per heavy atom. The first-order valence-corrected chi connectivity index (χ1v) is 12.1. The minimum absolute atomic E-state index is 0.0229. The van der Waals surface area contributed by atoms with Crippen molar-refractivity contribution in [2.45, 2.75) is 30.9 Å². The van der Waals surface area contributed by atoms with E-state index in [0.29, 0.717) is 0 Å². The Morgan fingerprint density at radius 1 is 0.879 bits per heavy atom. The summed E-state index contributed by atoms with van der Waals surface area (Å²) in [5.74, 6) is 0.972. The molecule has 1 heterocycles. The minimum Gasteiger partial charge on any atom is -0.484 e. The number of para-hydroxylation sites is 2. The molecule has 1 N–H and O–H groups in total. The highest BCUT2D eigenvalue weighted by molar-refractivity contribution is 5.59. The summed E-state index contributed by atoms with van der Waals surface area (Å²) >= 11 is 0. The van der Waals surface area contributed by atoms with Gasteiger partial charge < -0.3 is 15.0 Å². The van der Waals surface area contributed by atoms with E-state index >= 15 is 0 Å². The molecule has 1 saturated heterocycles. The van der Waals surface area contributed by atoms with Crippen LogP contribution in [0.3, 0.4) is 0 Å². The summed E-state index contributed by atoms with van der Waals surface area (Å²) in [5.41, 5.74) is 3.91. The van der Waals surface area contributed by atoms with E-state index in [1.165, 1.54) is 16.8 Å². The molecule has 0 unspecified atom stereocenters. The van der Waals surface area contributed by atoms with E-state index in [-0.39, 0.29) is 11.6 Å². The lowest BCUT2D eigenvalue weighted by molar-refractivity contribution is 0.115. The van der Waals surface area contributed by atoms with Crippen molar-refractivity contribution >= 4 is 5.69 Å². The summed E-state index contributed by atoms with van der Waals surface area (Å²) in [5, 5.41) is 3.27. The number of nitrogens with one attached hydrogen (secondary N) is 1. The van der Waals surface area contributed by atoms with Crippen molar-refractivity contribution in [3.05, 3.63) is 96.1 Å². The van der Waals surface area contributed by atoms with E-state index in [4.69, 9.17) is 4.74 Å². The van der Waals surface area contributed by atoms with Gasteiger partial charge in [-0.3, -0.25) is 4.90 Å². The van der Waals surface area contributed by atoms with Crippen LogP contribution in [0.5, 0.6) is 5.75 Å². The van der Waals surface area contributed by atoms with Crippen LogP contribution in [-0.2, 0) is 5.54 Å². The fourth-order valence-corrected chi connectivity index (χ4v) is 5.07. The number of ether oxygens (including phenoxy) is 1. The van der Waals surface area contributed by atoms with Gasteiger partial charge in [-0.15, -0.1) is 0 Å². The van der Waals surface area contributed by atoms with Crippen molar-refractivity contribution in [3.63, 3.8) is 0 Å². The van der Waals surface area contributed by atoms with Gasteiger partial charge in [0.15, 0.2) is 0 Å². The maximum absolute atomic E-state index is 6.68. The summed E-state index contributed by atoms with van der Waals surface area (Å²) in [6, 6.07) is 30.1. The summed E-state index contributed by atoms with van der Waals surface area (Å²) in [6.07, 6.45) is 3.11. The highest BCUT2D eigenvalue weighted by Crippen LogP contribution is 2.41. The topological polar surface area (TPSA) is 27.7 Å². The van der Waals surface area contributed by atoms with Crippen LogP contribution < -0.4 is 15.0 Å². The molecule has 4 nitrogen and oxygen atoms in total. The Kier molecular flexibility index (Phi) is 7.69. The van der Waals surface area contributed by atoms with Crippen LogP contribution in [0.15, 0.2) is 84.9 Å². The molecule has 0 spiro atoms. The standard InChI is InChI=1S/C29H37N3O/c1-30-21-18-27(24-12-6-4-7-13-24)33-28-17-11-10-16-26(28)32-22-19-29(20-23-32,31(2)3)25-14-8-5-9-15-25/h4-17,27,30H,18-23H2,1-3H3/t27-/m1/s1.